The number of fused-ring (bicyclic) bond motifs is 3. The van der Waals surface area contributed by atoms with Gasteiger partial charge < -0.3 is 30.2 Å². The van der Waals surface area contributed by atoms with Crippen molar-refractivity contribution in [3.63, 3.8) is 0 Å². The number of methoxy groups -OCH3 is 1. The van der Waals surface area contributed by atoms with Gasteiger partial charge in [0.25, 0.3) is 5.91 Å². The largest absolute Gasteiger partial charge is 0.488 e. The molecule has 0 saturated carbocycles. The lowest BCUT2D eigenvalue weighted by Gasteiger charge is -2.40. The average Bonchev–Trinajstić information content (AvgIpc) is 3.36. The lowest BCUT2D eigenvalue weighted by atomic mass is 9.94. The van der Waals surface area contributed by atoms with E-state index in [2.05, 4.69) is 43.1 Å². The molecule has 2 bridgehead atoms. The number of aromatic nitrogens is 4. The molecule has 208 valence electrons. The van der Waals surface area contributed by atoms with Crippen molar-refractivity contribution in [2.24, 2.45) is 0 Å². The topological polar surface area (TPSA) is 124 Å². The maximum Gasteiger partial charge on any atom is 0.252 e. The van der Waals surface area contributed by atoms with Gasteiger partial charge in [0.1, 0.15) is 17.7 Å². The number of piperidine rings is 1. The van der Waals surface area contributed by atoms with Crippen molar-refractivity contribution < 1.29 is 19.0 Å². The molecular weight excluding hydrogens is 510 g/mol. The van der Waals surface area contributed by atoms with E-state index in [9.17, 15) is 4.79 Å². The summed E-state index contributed by atoms with van der Waals surface area (Å²) in [5.74, 6) is 1.83. The first-order valence-corrected chi connectivity index (χ1v) is 13.5. The first-order chi connectivity index (χ1) is 19.5. The molecule has 4 aromatic heterocycles. The van der Waals surface area contributed by atoms with Crippen molar-refractivity contribution in [1.29, 1.82) is 0 Å². The van der Waals surface area contributed by atoms with Crippen LogP contribution in [0.3, 0.4) is 0 Å². The standard InChI is InChI=1S/C29H33N7O4/c1-18-9-25(26(15-31-18)40-24-11-21-16-39-17-22(12-24)33-21)19-5-7-36-23(10-19)13-28(35-36)34-27-4-3-20(14-32-27)29(37)30-6-8-38-2/h3-5,7,9-10,13-15,21-22,24,33H,6,8,11-12,16-17H2,1-2H3,(H,30,37)(H,32,34,35)/t21-,22+,24?. The SMILES string of the molecule is COCCNC(=O)c1ccc(Nc2cc3cc(-c4cc(C)ncc4OC4C[C@H]5COC[C@@H](C4)N5)ccn3n2)nc1. The number of pyridine rings is 3. The molecule has 0 aliphatic carbocycles. The van der Waals surface area contributed by atoms with Gasteiger partial charge in [-0.15, -0.1) is 0 Å². The van der Waals surface area contributed by atoms with E-state index in [0.29, 0.717) is 42.4 Å². The second kappa shape index (κ2) is 11.6. The molecule has 2 saturated heterocycles. The Hall–Kier alpha value is -4.06. The fourth-order valence-electron chi connectivity index (χ4n) is 5.25. The Balaban J connectivity index is 1.18. The van der Waals surface area contributed by atoms with E-state index in [0.717, 1.165) is 54.1 Å². The number of morpholine rings is 1. The minimum atomic E-state index is -0.192. The van der Waals surface area contributed by atoms with E-state index in [1.54, 1.807) is 19.2 Å². The zero-order chi connectivity index (χ0) is 27.5. The molecule has 11 nitrogen and oxygen atoms in total. The van der Waals surface area contributed by atoms with Gasteiger partial charge in [-0.25, -0.2) is 9.50 Å². The van der Waals surface area contributed by atoms with E-state index >= 15 is 0 Å². The molecule has 2 aliphatic heterocycles. The molecule has 2 fully saturated rings. The summed E-state index contributed by atoms with van der Waals surface area (Å²) < 4.78 is 19.0. The monoisotopic (exact) mass is 543 g/mol. The van der Waals surface area contributed by atoms with E-state index in [1.165, 1.54) is 6.20 Å². The van der Waals surface area contributed by atoms with Gasteiger partial charge in [-0.3, -0.25) is 9.78 Å². The van der Waals surface area contributed by atoms with E-state index in [1.807, 2.05) is 36.0 Å². The predicted octanol–water partition coefficient (Wildman–Crippen LogP) is 3.12. The lowest BCUT2D eigenvalue weighted by molar-refractivity contribution is -0.0122. The van der Waals surface area contributed by atoms with Gasteiger partial charge in [0, 0.05) is 68.3 Å². The third-order valence-corrected chi connectivity index (χ3v) is 7.15. The predicted molar refractivity (Wildman–Crippen MR) is 150 cm³/mol. The summed E-state index contributed by atoms with van der Waals surface area (Å²) in [6, 6.07) is 12.3. The summed E-state index contributed by atoms with van der Waals surface area (Å²) in [7, 11) is 1.59. The Morgan fingerprint density at radius 2 is 1.95 bits per heavy atom. The summed E-state index contributed by atoms with van der Waals surface area (Å²) in [4.78, 5) is 21.1. The van der Waals surface area contributed by atoms with Gasteiger partial charge in [0.2, 0.25) is 0 Å². The Bertz CT molecular complexity index is 1480. The number of hydrogen-bond acceptors (Lipinski definition) is 9. The molecule has 2 aliphatic rings. The van der Waals surface area contributed by atoms with E-state index in [-0.39, 0.29) is 12.0 Å². The van der Waals surface area contributed by atoms with Gasteiger partial charge in [-0.1, -0.05) is 0 Å². The molecule has 0 spiro atoms. The number of nitrogens with one attached hydrogen (secondary N) is 3. The van der Waals surface area contributed by atoms with Crippen molar-refractivity contribution in [2.45, 2.75) is 38.0 Å². The highest BCUT2D eigenvalue weighted by Crippen LogP contribution is 2.34. The van der Waals surface area contributed by atoms with Crippen LogP contribution in [0.4, 0.5) is 11.6 Å². The second-order valence-electron chi connectivity index (χ2n) is 10.3. The molecule has 1 amide bonds. The van der Waals surface area contributed by atoms with Crippen LogP contribution in [0.5, 0.6) is 5.75 Å². The second-order valence-corrected chi connectivity index (χ2v) is 10.3. The highest BCUT2D eigenvalue weighted by atomic mass is 16.5. The number of anilines is 2. The van der Waals surface area contributed by atoms with Gasteiger partial charge >= 0.3 is 0 Å². The summed E-state index contributed by atoms with van der Waals surface area (Å²) in [5.41, 5.74) is 4.36. The van der Waals surface area contributed by atoms with Gasteiger partial charge in [-0.2, -0.15) is 5.10 Å². The van der Waals surface area contributed by atoms with E-state index in [4.69, 9.17) is 14.2 Å². The minimum Gasteiger partial charge on any atom is -0.488 e. The number of amides is 1. The van der Waals surface area contributed by atoms with E-state index < -0.39 is 0 Å². The van der Waals surface area contributed by atoms with Crippen molar-refractivity contribution >= 4 is 23.1 Å². The molecular formula is C29H33N7O4. The number of carbonyl (C=O) groups is 1. The zero-order valence-electron chi connectivity index (χ0n) is 22.6. The first-order valence-electron chi connectivity index (χ1n) is 13.5. The quantitative estimate of drug-likeness (QED) is 0.273. The molecule has 0 aromatic carbocycles. The van der Waals surface area contributed by atoms with Crippen LogP contribution in [0.25, 0.3) is 16.6 Å². The number of aryl methyl sites for hydroxylation is 1. The Kier molecular flexibility index (Phi) is 7.58. The third-order valence-electron chi connectivity index (χ3n) is 7.15. The number of hydrogen-bond donors (Lipinski definition) is 3. The van der Waals surface area contributed by atoms with Crippen LogP contribution in [0.1, 0.15) is 28.9 Å². The normalized spacial score (nSPS) is 20.3. The molecule has 40 heavy (non-hydrogen) atoms. The van der Waals surface area contributed by atoms with Crippen LogP contribution >= 0.6 is 0 Å². The number of rotatable bonds is 9. The molecule has 6 rings (SSSR count). The smallest absolute Gasteiger partial charge is 0.252 e. The van der Waals surface area contributed by atoms with Crippen molar-refractivity contribution in [3.8, 4) is 16.9 Å². The Morgan fingerprint density at radius 3 is 2.73 bits per heavy atom. The van der Waals surface area contributed by atoms with Gasteiger partial charge in [0.05, 0.1) is 37.1 Å². The van der Waals surface area contributed by atoms with Crippen LogP contribution in [-0.2, 0) is 9.47 Å². The first kappa shape index (κ1) is 26.2. The summed E-state index contributed by atoms with van der Waals surface area (Å²) in [5, 5.41) is 14.2. The summed E-state index contributed by atoms with van der Waals surface area (Å²) >= 11 is 0. The zero-order valence-corrected chi connectivity index (χ0v) is 22.6. The van der Waals surface area contributed by atoms with Crippen LogP contribution in [0.2, 0.25) is 0 Å². The van der Waals surface area contributed by atoms with Gasteiger partial charge in [-0.05, 0) is 42.8 Å². The van der Waals surface area contributed by atoms with Crippen molar-refractivity contribution in [2.75, 3.05) is 38.8 Å². The molecule has 11 heteroatoms. The maximum absolute atomic E-state index is 12.2. The molecule has 0 radical (unpaired) electrons. The average molecular weight is 544 g/mol. The number of carbonyl (C=O) groups excluding carboxylic acids is 1. The molecule has 4 aromatic rings. The Morgan fingerprint density at radius 1 is 1.10 bits per heavy atom. The minimum absolute atomic E-state index is 0.119. The Labute approximate surface area is 232 Å². The summed E-state index contributed by atoms with van der Waals surface area (Å²) in [6.45, 7) is 4.35. The van der Waals surface area contributed by atoms with Crippen LogP contribution in [0, 0.1) is 6.92 Å². The summed E-state index contributed by atoms with van der Waals surface area (Å²) in [6.07, 6.45) is 7.24. The maximum atomic E-state index is 12.2. The fraction of sp³-hybridized carbons (Fsp3) is 0.379. The van der Waals surface area contributed by atoms with Crippen molar-refractivity contribution in [1.82, 2.24) is 30.2 Å². The van der Waals surface area contributed by atoms with Crippen molar-refractivity contribution in [3.05, 3.63) is 66.2 Å². The number of ether oxygens (including phenoxy) is 3. The highest BCUT2D eigenvalue weighted by Gasteiger charge is 2.33. The van der Waals surface area contributed by atoms with Gasteiger partial charge in [0.15, 0.2) is 5.82 Å². The number of nitrogens with zero attached hydrogens (tertiary/aromatic N) is 4. The van der Waals surface area contributed by atoms with Crippen LogP contribution < -0.4 is 20.7 Å². The molecule has 3 atom stereocenters. The highest BCUT2D eigenvalue weighted by molar-refractivity contribution is 5.94. The molecule has 1 unspecified atom stereocenters. The molecule has 6 heterocycles. The van der Waals surface area contributed by atoms with Crippen LogP contribution in [0.15, 0.2) is 55.0 Å². The van der Waals surface area contributed by atoms with Crippen LogP contribution in [-0.4, -0.2) is 77.2 Å². The molecule has 3 N–H and O–H groups in total. The third kappa shape index (κ3) is 5.91. The lowest BCUT2D eigenvalue weighted by Crippen LogP contribution is -2.56. The fourth-order valence-corrected chi connectivity index (χ4v) is 5.25.